The van der Waals surface area contributed by atoms with Crippen molar-refractivity contribution in [2.75, 3.05) is 6.61 Å². The quantitative estimate of drug-likeness (QED) is 0.574. The monoisotopic (exact) mass is 367 g/mol. The van der Waals surface area contributed by atoms with Crippen molar-refractivity contribution in [2.45, 2.75) is 26.2 Å². The average molecular weight is 367 g/mol. The molecule has 0 N–H and O–H groups in total. The van der Waals surface area contributed by atoms with Gasteiger partial charge in [-0.1, -0.05) is 11.2 Å². The summed E-state index contributed by atoms with van der Waals surface area (Å²) in [4.78, 5) is 11.9. The molecule has 1 aromatic carbocycles. The van der Waals surface area contributed by atoms with Gasteiger partial charge in [0, 0.05) is 5.56 Å². The SMILES string of the molecule is CCOC(=O)c1c(-c2ccc(C(F)(F)F)cc2C(F)(F)F)noc1C. The Hall–Kier alpha value is -2.52. The smallest absolute Gasteiger partial charge is 0.417 e. The Morgan fingerprint density at radius 2 is 1.80 bits per heavy atom. The maximum absolute atomic E-state index is 13.2. The Balaban J connectivity index is 2.70. The van der Waals surface area contributed by atoms with Crippen LogP contribution in [0.5, 0.6) is 0 Å². The maximum Gasteiger partial charge on any atom is 0.417 e. The van der Waals surface area contributed by atoms with E-state index in [9.17, 15) is 31.1 Å². The second kappa shape index (κ2) is 6.41. The first-order valence-corrected chi connectivity index (χ1v) is 6.89. The molecule has 0 radical (unpaired) electrons. The number of rotatable bonds is 3. The third-order valence-electron chi connectivity index (χ3n) is 3.25. The van der Waals surface area contributed by atoms with Crippen molar-refractivity contribution in [2.24, 2.45) is 0 Å². The molecule has 0 aliphatic heterocycles. The molecule has 0 saturated carbocycles. The molecule has 2 aromatic rings. The number of aromatic nitrogens is 1. The Morgan fingerprint density at radius 1 is 1.16 bits per heavy atom. The molecule has 1 aromatic heterocycles. The molecule has 0 aliphatic carbocycles. The van der Waals surface area contributed by atoms with Crippen LogP contribution in [0.1, 0.15) is 34.2 Å². The Kier molecular flexibility index (Phi) is 4.83. The number of hydrogen-bond acceptors (Lipinski definition) is 4. The summed E-state index contributed by atoms with van der Waals surface area (Å²) in [6, 6.07) is 1.05. The van der Waals surface area contributed by atoms with Crippen LogP contribution in [0.4, 0.5) is 26.3 Å². The van der Waals surface area contributed by atoms with E-state index < -0.39 is 40.7 Å². The van der Waals surface area contributed by atoms with E-state index >= 15 is 0 Å². The van der Waals surface area contributed by atoms with Gasteiger partial charge in [-0.05, 0) is 26.0 Å². The van der Waals surface area contributed by atoms with E-state index in [1.54, 1.807) is 0 Å². The second-order valence-corrected chi connectivity index (χ2v) is 4.94. The van der Waals surface area contributed by atoms with Gasteiger partial charge in [-0.25, -0.2) is 4.79 Å². The highest BCUT2D eigenvalue weighted by atomic mass is 19.4. The summed E-state index contributed by atoms with van der Waals surface area (Å²) in [6.45, 7) is 2.71. The number of halogens is 6. The van der Waals surface area contributed by atoms with Gasteiger partial charge in [-0.2, -0.15) is 26.3 Å². The van der Waals surface area contributed by atoms with Crippen LogP contribution in [0, 0.1) is 6.92 Å². The van der Waals surface area contributed by atoms with Gasteiger partial charge in [0.1, 0.15) is 17.0 Å². The highest BCUT2D eigenvalue weighted by Gasteiger charge is 2.40. The molecule has 0 bridgehead atoms. The average Bonchev–Trinajstić information content (AvgIpc) is 2.86. The van der Waals surface area contributed by atoms with E-state index in [1.165, 1.54) is 13.8 Å². The highest BCUT2D eigenvalue weighted by Crippen LogP contribution is 2.41. The number of benzene rings is 1. The first kappa shape index (κ1) is 18.8. The minimum atomic E-state index is -5.10. The Bertz CT molecular complexity index is 792. The molecule has 0 aliphatic rings. The lowest BCUT2D eigenvalue weighted by Crippen LogP contribution is -2.13. The third-order valence-corrected chi connectivity index (χ3v) is 3.25. The number of carbonyl (C=O) groups is 1. The number of carbonyl (C=O) groups excluding carboxylic acids is 1. The van der Waals surface area contributed by atoms with Crippen molar-refractivity contribution >= 4 is 5.97 Å². The highest BCUT2D eigenvalue weighted by molar-refractivity contribution is 5.97. The largest absolute Gasteiger partial charge is 0.462 e. The lowest BCUT2D eigenvalue weighted by Gasteiger charge is -2.15. The molecule has 0 atom stereocenters. The van der Waals surface area contributed by atoms with Gasteiger partial charge in [0.05, 0.1) is 17.7 Å². The van der Waals surface area contributed by atoms with Crippen LogP contribution in [0.2, 0.25) is 0 Å². The van der Waals surface area contributed by atoms with E-state index in [0.29, 0.717) is 12.1 Å². The standard InChI is InChI=1S/C15H11F6NO3/c1-3-24-13(23)11-7(2)25-22-12(11)9-5-4-8(14(16,17)18)6-10(9)15(19,20)21/h4-6H,3H2,1-2H3. The molecule has 0 fully saturated rings. The molecule has 136 valence electrons. The predicted molar refractivity (Wildman–Crippen MR) is 72.6 cm³/mol. The van der Waals surface area contributed by atoms with Gasteiger partial charge in [-0.15, -0.1) is 0 Å². The molecule has 0 amide bonds. The first-order chi connectivity index (χ1) is 11.5. The van der Waals surface area contributed by atoms with Gasteiger partial charge >= 0.3 is 18.3 Å². The van der Waals surface area contributed by atoms with Crippen LogP contribution >= 0.6 is 0 Å². The minimum Gasteiger partial charge on any atom is -0.462 e. The summed E-state index contributed by atoms with van der Waals surface area (Å²) in [6.07, 6.45) is -10.1. The van der Waals surface area contributed by atoms with Gasteiger partial charge in [0.2, 0.25) is 0 Å². The molecule has 0 spiro atoms. The van der Waals surface area contributed by atoms with Crippen molar-refractivity contribution in [1.29, 1.82) is 0 Å². The molecular weight excluding hydrogens is 356 g/mol. The molecular formula is C15H11F6NO3. The van der Waals surface area contributed by atoms with Crippen molar-refractivity contribution in [3.8, 4) is 11.3 Å². The zero-order valence-corrected chi connectivity index (χ0v) is 12.9. The van der Waals surface area contributed by atoms with Crippen LogP contribution in [0.15, 0.2) is 22.7 Å². The molecule has 0 saturated heterocycles. The van der Waals surface area contributed by atoms with E-state index in [2.05, 4.69) is 5.16 Å². The van der Waals surface area contributed by atoms with Gasteiger partial charge < -0.3 is 9.26 Å². The predicted octanol–water partition coefficient (Wildman–Crippen LogP) is 4.86. The fourth-order valence-electron chi connectivity index (χ4n) is 2.16. The topological polar surface area (TPSA) is 52.3 Å². The number of alkyl halides is 6. The number of nitrogens with zero attached hydrogens (tertiary/aromatic N) is 1. The summed E-state index contributed by atoms with van der Waals surface area (Å²) >= 11 is 0. The molecule has 2 rings (SSSR count). The molecule has 10 heteroatoms. The second-order valence-electron chi connectivity index (χ2n) is 4.94. The van der Waals surface area contributed by atoms with E-state index in [0.717, 1.165) is 0 Å². The molecule has 0 unspecified atom stereocenters. The molecule has 1 heterocycles. The van der Waals surface area contributed by atoms with Gasteiger partial charge in [-0.3, -0.25) is 0 Å². The maximum atomic E-state index is 13.2. The number of esters is 1. The first-order valence-electron chi connectivity index (χ1n) is 6.89. The van der Waals surface area contributed by atoms with Crippen LogP contribution < -0.4 is 0 Å². The zero-order valence-electron chi connectivity index (χ0n) is 12.9. The van der Waals surface area contributed by atoms with Gasteiger partial charge in [0.15, 0.2) is 0 Å². The van der Waals surface area contributed by atoms with Crippen LogP contribution in [-0.4, -0.2) is 17.7 Å². The van der Waals surface area contributed by atoms with E-state index in [4.69, 9.17) is 9.26 Å². The normalized spacial score (nSPS) is 12.3. The lowest BCUT2D eigenvalue weighted by molar-refractivity contribution is -0.142. The lowest BCUT2D eigenvalue weighted by atomic mass is 9.97. The fraction of sp³-hybridized carbons (Fsp3) is 0.333. The van der Waals surface area contributed by atoms with Crippen LogP contribution in [0.25, 0.3) is 11.3 Å². The van der Waals surface area contributed by atoms with Crippen molar-refractivity contribution in [3.63, 3.8) is 0 Å². The molecule has 25 heavy (non-hydrogen) atoms. The van der Waals surface area contributed by atoms with Crippen molar-refractivity contribution in [3.05, 3.63) is 40.6 Å². The summed E-state index contributed by atoms with van der Waals surface area (Å²) in [5.41, 5.74) is -4.66. The number of aryl methyl sites for hydroxylation is 1. The Labute approximate surface area is 137 Å². The van der Waals surface area contributed by atoms with E-state index in [1.807, 2.05) is 0 Å². The summed E-state index contributed by atoms with van der Waals surface area (Å²) in [5.74, 6) is -1.09. The zero-order chi connectivity index (χ0) is 19.0. The fourth-order valence-corrected chi connectivity index (χ4v) is 2.16. The van der Waals surface area contributed by atoms with E-state index in [-0.39, 0.29) is 24.0 Å². The van der Waals surface area contributed by atoms with Crippen molar-refractivity contribution in [1.82, 2.24) is 5.16 Å². The van der Waals surface area contributed by atoms with Gasteiger partial charge in [0.25, 0.3) is 0 Å². The summed E-state index contributed by atoms with van der Waals surface area (Å²) in [5, 5.41) is 3.40. The summed E-state index contributed by atoms with van der Waals surface area (Å²) < 4.78 is 87.4. The van der Waals surface area contributed by atoms with Crippen LogP contribution in [-0.2, 0) is 17.1 Å². The number of hydrogen-bond donors (Lipinski definition) is 0. The number of ether oxygens (including phenoxy) is 1. The van der Waals surface area contributed by atoms with Crippen LogP contribution in [0.3, 0.4) is 0 Å². The Morgan fingerprint density at radius 3 is 2.32 bits per heavy atom. The van der Waals surface area contributed by atoms with Crippen molar-refractivity contribution < 1.29 is 40.4 Å². The molecule has 4 nitrogen and oxygen atoms in total. The minimum absolute atomic E-state index is 0.0335. The third kappa shape index (κ3) is 3.77. The summed E-state index contributed by atoms with van der Waals surface area (Å²) in [7, 11) is 0.